The minimum atomic E-state index is -2.67. The van der Waals surface area contributed by atoms with Gasteiger partial charge in [-0.3, -0.25) is 24.2 Å². The van der Waals surface area contributed by atoms with E-state index in [1.54, 1.807) is 14.1 Å². The molecule has 10 nitrogen and oxygen atoms in total. The van der Waals surface area contributed by atoms with E-state index >= 15 is 0 Å². The number of aromatic hydroxyl groups is 1. The summed E-state index contributed by atoms with van der Waals surface area (Å²) in [6, 6.07) is 0.168. The largest absolute Gasteiger partial charge is 0.508 e. The molecule has 11 heteroatoms. The number of carbonyl (C=O) groups is 3. The highest BCUT2D eigenvalue weighted by molar-refractivity contribution is 6.33. The molecule has 5 atom stereocenters. The van der Waals surface area contributed by atoms with Crippen LogP contribution in [0.1, 0.15) is 49.9 Å². The number of carbonyl (C=O) groups excluding carboxylic acids is 3. The van der Waals surface area contributed by atoms with Crippen LogP contribution in [0, 0.1) is 17.8 Å². The number of nitrogens with zero attached hydrogens (tertiary/aromatic N) is 2. The highest BCUT2D eigenvalue weighted by Crippen LogP contribution is 2.54. The van der Waals surface area contributed by atoms with Crippen molar-refractivity contribution in [2.75, 3.05) is 27.7 Å². The summed E-state index contributed by atoms with van der Waals surface area (Å²) in [4.78, 5) is 42.7. The molecular formula is C28H36ClN3O7. The molecule has 0 aromatic heterocycles. The summed E-state index contributed by atoms with van der Waals surface area (Å²) < 4.78 is 0. The molecule has 1 aromatic carbocycles. The van der Waals surface area contributed by atoms with Gasteiger partial charge < -0.3 is 26.2 Å². The van der Waals surface area contributed by atoms with Crippen LogP contribution in [0.5, 0.6) is 5.75 Å². The number of ketones is 2. The Labute approximate surface area is 232 Å². The van der Waals surface area contributed by atoms with Crippen molar-refractivity contribution in [3.63, 3.8) is 0 Å². The number of aliphatic hydroxyl groups is 3. The normalized spacial score (nSPS) is 27.7. The smallest absolute Gasteiger partial charge is 0.255 e. The fraction of sp³-hybridized carbons (Fsp3) is 0.536. The average molecular weight is 562 g/mol. The third kappa shape index (κ3) is 4.25. The van der Waals surface area contributed by atoms with Crippen molar-refractivity contribution in [2.45, 2.75) is 51.3 Å². The van der Waals surface area contributed by atoms with Crippen LogP contribution in [0.15, 0.2) is 23.0 Å². The van der Waals surface area contributed by atoms with Crippen LogP contribution in [-0.4, -0.2) is 87.0 Å². The molecule has 39 heavy (non-hydrogen) atoms. The second kappa shape index (κ2) is 9.92. The Morgan fingerprint density at radius 1 is 1.18 bits per heavy atom. The molecule has 0 spiro atoms. The molecule has 0 bridgehead atoms. The summed E-state index contributed by atoms with van der Waals surface area (Å²) in [6.45, 7) is 6.94. The van der Waals surface area contributed by atoms with Crippen LogP contribution in [0.4, 0.5) is 0 Å². The molecule has 0 radical (unpaired) electrons. The van der Waals surface area contributed by atoms with Crippen molar-refractivity contribution < 1.29 is 34.8 Å². The molecule has 6 N–H and O–H groups in total. The number of benzene rings is 1. The number of aliphatic hydroxyl groups excluding tert-OH is 2. The monoisotopic (exact) mass is 561 g/mol. The summed E-state index contributed by atoms with van der Waals surface area (Å²) in [7, 11) is 5.07. The molecule has 0 aliphatic heterocycles. The van der Waals surface area contributed by atoms with Crippen LogP contribution < -0.4 is 5.73 Å². The molecule has 0 unspecified atom stereocenters. The molecule has 3 aliphatic carbocycles. The molecular weight excluding hydrogens is 526 g/mol. The number of nitrogens with two attached hydrogens (primary N) is 1. The van der Waals surface area contributed by atoms with Gasteiger partial charge in [0.2, 0.25) is 5.78 Å². The standard InChI is InChI=1S/C28H36ClN3O7/c1-11(2)10-32(6)12(3)14-9-17(33)19-15(21(14)29)7-13-8-16-22(31(4)5)24(35)20(27(30)38)26(37)28(16,39)25(36)18(13)23(19)34/h9,11-13,16,22,33-34,37,39H,7-8,10H2,1-6H3,(H2,30,38)/t12-,13-,16-,22-,28-/m0/s1. The maximum absolute atomic E-state index is 13.9. The van der Waals surface area contributed by atoms with E-state index in [0.29, 0.717) is 22.1 Å². The van der Waals surface area contributed by atoms with Crippen molar-refractivity contribution in [2.24, 2.45) is 23.5 Å². The number of amides is 1. The molecule has 1 amide bonds. The number of phenolic OH excluding ortho intramolecular Hbond substituents is 1. The van der Waals surface area contributed by atoms with Crippen molar-refractivity contribution in [3.8, 4) is 5.75 Å². The van der Waals surface area contributed by atoms with Gasteiger partial charge in [0, 0.05) is 29.1 Å². The van der Waals surface area contributed by atoms with E-state index in [4.69, 9.17) is 17.3 Å². The zero-order chi connectivity index (χ0) is 29.3. The molecule has 4 rings (SSSR count). The third-order valence-electron chi connectivity index (χ3n) is 8.45. The number of rotatable bonds is 6. The highest BCUT2D eigenvalue weighted by atomic mass is 35.5. The van der Waals surface area contributed by atoms with E-state index in [-0.39, 0.29) is 35.8 Å². The van der Waals surface area contributed by atoms with Crippen molar-refractivity contribution in [1.29, 1.82) is 0 Å². The van der Waals surface area contributed by atoms with E-state index < -0.39 is 58.0 Å². The molecule has 0 heterocycles. The summed E-state index contributed by atoms with van der Waals surface area (Å²) in [5.41, 5.74) is 2.75. The number of Topliss-reactive ketones (excluding diaryl/α,β-unsaturated/α-hetero) is 2. The van der Waals surface area contributed by atoms with Gasteiger partial charge in [-0.25, -0.2) is 0 Å². The van der Waals surface area contributed by atoms with Gasteiger partial charge in [0.25, 0.3) is 5.91 Å². The maximum atomic E-state index is 13.9. The number of fused-ring (bicyclic) bond motifs is 3. The lowest BCUT2D eigenvalue weighted by Gasteiger charge is -2.50. The zero-order valence-electron chi connectivity index (χ0n) is 22.9. The van der Waals surface area contributed by atoms with E-state index in [1.807, 2.05) is 14.0 Å². The SMILES string of the molecule is CC(C)CN(C)[C@@H](C)c1cc(O)c2c(c1Cl)C[C@H]1C[C@H]3[C@H](N(C)C)C(=O)C(C(N)=O)=C(O)[C@@]3(O)C(=O)C1=C2O. The lowest BCUT2D eigenvalue weighted by atomic mass is 9.57. The quantitative estimate of drug-likeness (QED) is 0.327. The molecule has 3 aliphatic rings. The van der Waals surface area contributed by atoms with Gasteiger partial charge in [-0.15, -0.1) is 0 Å². The van der Waals surface area contributed by atoms with Gasteiger partial charge in [-0.1, -0.05) is 25.4 Å². The van der Waals surface area contributed by atoms with Crippen molar-refractivity contribution in [1.82, 2.24) is 9.80 Å². The topological polar surface area (TPSA) is 165 Å². The minimum Gasteiger partial charge on any atom is -0.508 e. The number of halogens is 1. The average Bonchev–Trinajstić information content (AvgIpc) is 2.82. The molecule has 0 saturated heterocycles. The van der Waals surface area contributed by atoms with Crippen LogP contribution in [0.25, 0.3) is 5.76 Å². The first-order valence-corrected chi connectivity index (χ1v) is 13.3. The first-order valence-electron chi connectivity index (χ1n) is 12.9. The predicted molar refractivity (Wildman–Crippen MR) is 145 cm³/mol. The number of hydrogen-bond donors (Lipinski definition) is 5. The minimum absolute atomic E-state index is 0.00981. The fourth-order valence-corrected chi connectivity index (χ4v) is 6.97. The first-order chi connectivity index (χ1) is 18.0. The summed E-state index contributed by atoms with van der Waals surface area (Å²) in [5.74, 6) is -6.47. The van der Waals surface area contributed by atoms with Gasteiger partial charge in [0.15, 0.2) is 11.4 Å². The van der Waals surface area contributed by atoms with E-state index in [1.165, 1.54) is 11.0 Å². The Balaban J connectivity index is 1.90. The van der Waals surface area contributed by atoms with E-state index in [2.05, 4.69) is 18.7 Å². The van der Waals surface area contributed by atoms with Crippen LogP contribution in [0.3, 0.4) is 0 Å². The number of primary amides is 1. The second-order valence-electron chi connectivity index (χ2n) is 11.6. The third-order valence-corrected chi connectivity index (χ3v) is 8.89. The summed E-state index contributed by atoms with van der Waals surface area (Å²) in [5, 5.41) is 45.3. The predicted octanol–water partition coefficient (Wildman–Crippen LogP) is 2.27. The Morgan fingerprint density at radius 3 is 2.33 bits per heavy atom. The molecule has 1 aromatic rings. The van der Waals surface area contributed by atoms with Gasteiger partial charge in [-0.2, -0.15) is 0 Å². The number of phenols is 1. The summed E-state index contributed by atoms with van der Waals surface area (Å²) >= 11 is 6.88. The Bertz CT molecular complexity index is 1330. The van der Waals surface area contributed by atoms with Crippen LogP contribution in [0.2, 0.25) is 5.02 Å². The van der Waals surface area contributed by atoms with E-state index in [9.17, 15) is 34.8 Å². The van der Waals surface area contributed by atoms with Gasteiger partial charge in [-0.05, 0) is 69.9 Å². The maximum Gasteiger partial charge on any atom is 0.255 e. The zero-order valence-corrected chi connectivity index (χ0v) is 23.7. The fourth-order valence-electron chi connectivity index (χ4n) is 6.59. The second-order valence-corrected chi connectivity index (χ2v) is 12.0. The van der Waals surface area contributed by atoms with Crippen LogP contribution >= 0.6 is 11.6 Å². The van der Waals surface area contributed by atoms with Gasteiger partial charge in [0.05, 0.1) is 11.6 Å². The van der Waals surface area contributed by atoms with Gasteiger partial charge >= 0.3 is 0 Å². The van der Waals surface area contributed by atoms with E-state index in [0.717, 1.165) is 6.54 Å². The van der Waals surface area contributed by atoms with Gasteiger partial charge in [0.1, 0.15) is 22.8 Å². The Kier molecular flexibility index (Phi) is 7.40. The van der Waals surface area contributed by atoms with Crippen molar-refractivity contribution >= 4 is 34.8 Å². The first kappa shape index (κ1) is 29.1. The van der Waals surface area contributed by atoms with Crippen molar-refractivity contribution in [3.05, 3.63) is 44.7 Å². The summed E-state index contributed by atoms with van der Waals surface area (Å²) in [6.07, 6.45) is 0.158. The Hall–Kier alpha value is -2.92. The lowest BCUT2D eigenvalue weighted by Crippen LogP contribution is -2.65. The molecule has 212 valence electrons. The lowest BCUT2D eigenvalue weighted by molar-refractivity contribution is -0.153. The highest BCUT2D eigenvalue weighted by Gasteiger charge is 2.64. The molecule has 1 saturated carbocycles. The van der Waals surface area contributed by atoms with Crippen LogP contribution in [-0.2, 0) is 20.8 Å². The Morgan fingerprint density at radius 2 is 1.79 bits per heavy atom. The molecule has 1 fully saturated rings. The number of likely N-dealkylation sites (N-methyl/N-ethyl adjacent to an activating group) is 1. The number of hydrogen-bond acceptors (Lipinski definition) is 9.